The smallest absolute Gasteiger partial charge is 0.250 e. The standard InChI is InChI=1S/C14H16N4O2/c1-20-12-6-5-9(8-18-12)7-17-11-4-2-3-10(13(11)15)14(16)19/h2-6,8,17H,7,15H2,1H3,(H2,16,19). The number of amides is 1. The van der Waals surface area contributed by atoms with E-state index in [0.717, 1.165) is 5.56 Å². The Labute approximate surface area is 116 Å². The first kappa shape index (κ1) is 13.7. The molecule has 1 aromatic carbocycles. The Morgan fingerprint density at radius 2 is 2.15 bits per heavy atom. The van der Waals surface area contributed by atoms with E-state index in [1.54, 1.807) is 37.6 Å². The van der Waals surface area contributed by atoms with Gasteiger partial charge in [0.05, 0.1) is 24.0 Å². The van der Waals surface area contributed by atoms with Crippen molar-refractivity contribution in [2.45, 2.75) is 6.54 Å². The molecule has 20 heavy (non-hydrogen) atoms. The van der Waals surface area contributed by atoms with E-state index in [1.807, 2.05) is 6.07 Å². The molecule has 1 heterocycles. The molecule has 0 bridgehead atoms. The molecule has 0 fully saturated rings. The summed E-state index contributed by atoms with van der Waals surface area (Å²) in [5, 5.41) is 3.15. The van der Waals surface area contributed by atoms with Gasteiger partial charge in [-0.05, 0) is 17.7 Å². The molecule has 1 amide bonds. The third-order valence-electron chi connectivity index (χ3n) is 2.86. The maximum atomic E-state index is 11.2. The molecule has 0 aliphatic carbocycles. The van der Waals surface area contributed by atoms with Crippen LogP contribution in [0.2, 0.25) is 0 Å². The van der Waals surface area contributed by atoms with Crippen LogP contribution in [0, 0.1) is 0 Å². The summed E-state index contributed by atoms with van der Waals surface area (Å²) >= 11 is 0. The first-order chi connectivity index (χ1) is 9.61. The number of nitrogens with two attached hydrogens (primary N) is 2. The molecule has 1 aromatic heterocycles. The summed E-state index contributed by atoms with van der Waals surface area (Å²) in [4.78, 5) is 15.3. The van der Waals surface area contributed by atoms with Crippen LogP contribution in [-0.2, 0) is 6.54 Å². The number of primary amides is 1. The first-order valence-electron chi connectivity index (χ1n) is 6.03. The summed E-state index contributed by atoms with van der Waals surface area (Å²) in [6.07, 6.45) is 1.71. The van der Waals surface area contributed by atoms with Crippen LogP contribution in [0.3, 0.4) is 0 Å². The van der Waals surface area contributed by atoms with Gasteiger partial charge in [0.25, 0.3) is 5.91 Å². The number of ether oxygens (including phenoxy) is 1. The van der Waals surface area contributed by atoms with Gasteiger partial charge in [-0.1, -0.05) is 12.1 Å². The van der Waals surface area contributed by atoms with Gasteiger partial charge in [0.2, 0.25) is 5.88 Å². The lowest BCUT2D eigenvalue weighted by Gasteiger charge is -2.11. The molecular formula is C14H16N4O2. The van der Waals surface area contributed by atoms with Crippen LogP contribution in [0.4, 0.5) is 11.4 Å². The SMILES string of the molecule is COc1ccc(CNc2cccc(C(N)=O)c2N)cn1. The van der Waals surface area contributed by atoms with Gasteiger partial charge < -0.3 is 21.5 Å². The van der Waals surface area contributed by atoms with Gasteiger partial charge in [-0.25, -0.2) is 4.98 Å². The minimum absolute atomic E-state index is 0.308. The number of nitrogens with one attached hydrogen (secondary N) is 1. The summed E-state index contributed by atoms with van der Waals surface area (Å²) in [6.45, 7) is 0.531. The lowest BCUT2D eigenvalue weighted by molar-refractivity contribution is 0.100. The zero-order valence-corrected chi connectivity index (χ0v) is 11.1. The average Bonchev–Trinajstić information content (AvgIpc) is 2.46. The van der Waals surface area contributed by atoms with Crippen molar-refractivity contribution in [1.82, 2.24) is 4.98 Å². The number of hydrogen-bond donors (Lipinski definition) is 3. The molecule has 2 rings (SSSR count). The molecule has 0 aliphatic heterocycles. The normalized spacial score (nSPS) is 10.1. The zero-order valence-electron chi connectivity index (χ0n) is 11.1. The lowest BCUT2D eigenvalue weighted by Crippen LogP contribution is -2.14. The van der Waals surface area contributed by atoms with E-state index in [1.165, 1.54) is 0 Å². The molecule has 2 aromatic rings. The molecular weight excluding hydrogens is 256 g/mol. The van der Waals surface area contributed by atoms with Crippen LogP contribution >= 0.6 is 0 Å². The number of rotatable bonds is 5. The van der Waals surface area contributed by atoms with Crippen LogP contribution < -0.4 is 21.5 Å². The van der Waals surface area contributed by atoms with Crippen molar-refractivity contribution in [2.75, 3.05) is 18.2 Å². The molecule has 5 N–H and O–H groups in total. The van der Waals surface area contributed by atoms with Crippen molar-refractivity contribution < 1.29 is 9.53 Å². The molecule has 0 radical (unpaired) electrons. The maximum Gasteiger partial charge on any atom is 0.250 e. The van der Waals surface area contributed by atoms with Gasteiger partial charge in [0.15, 0.2) is 0 Å². The van der Waals surface area contributed by atoms with E-state index in [4.69, 9.17) is 16.2 Å². The highest BCUT2D eigenvalue weighted by Crippen LogP contribution is 2.23. The number of carbonyl (C=O) groups is 1. The van der Waals surface area contributed by atoms with Crippen LogP contribution in [0.1, 0.15) is 15.9 Å². The number of nitrogens with zero attached hydrogens (tertiary/aromatic N) is 1. The molecule has 104 valence electrons. The number of methoxy groups -OCH3 is 1. The van der Waals surface area contributed by atoms with Crippen LogP contribution in [0.25, 0.3) is 0 Å². The molecule has 6 nitrogen and oxygen atoms in total. The van der Waals surface area contributed by atoms with E-state index in [0.29, 0.717) is 29.4 Å². The predicted molar refractivity (Wildman–Crippen MR) is 77.5 cm³/mol. The summed E-state index contributed by atoms with van der Waals surface area (Å²) < 4.78 is 4.99. The summed E-state index contributed by atoms with van der Waals surface area (Å²) in [5.74, 6) is 0.0150. The second-order valence-electron chi connectivity index (χ2n) is 4.19. The number of aromatic nitrogens is 1. The molecule has 0 spiro atoms. The Morgan fingerprint density at radius 1 is 1.35 bits per heavy atom. The minimum Gasteiger partial charge on any atom is -0.481 e. The van der Waals surface area contributed by atoms with Crippen molar-refractivity contribution in [3.05, 3.63) is 47.7 Å². The third kappa shape index (κ3) is 2.97. The molecule has 0 saturated heterocycles. The third-order valence-corrected chi connectivity index (χ3v) is 2.86. The number of nitrogen functional groups attached to an aromatic ring is 1. The first-order valence-corrected chi connectivity index (χ1v) is 6.03. The van der Waals surface area contributed by atoms with Crippen LogP contribution in [0.15, 0.2) is 36.5 Å². The van der Waals surface area contributed by atoms with E-state index in [9.17, 15) is 4.79 Å². The molecule has 6 heteroatoms. The van der Waals surface area contributed by atoms with Gasteiger partial charge in [0, 0.05) is 18.8 Å². The van der Waals surface area contributed by atoms with E-state index >= 15 is 0 Å². The molecule has 0 saturated carbocycles. The highest BCUT2D eigenvalue weighted by atomic mass is 16.5. The largest absolute Gasteiger partial charge is 0.481 e. The summed E-state index contributed by atoms with van der Waals surface area (Å²) in [6, 6.07) is 8.79. The van der Waals surface area contributed by atoms with Crippen molar-refractivity contribution in [2.24, 2.45) is 5.73 Å². The van der Waals surface area contributed by atoms with Crippen molar-refractivity contribution in [1.29, 1.82) is 0 Å². The Hall–Kier alpha value is -2.76. The van der Waals surface area contributed by atoms with Gasteiger partial charge in [-0.3, -0.25) is 4.79 Å². The van der Waals surface area contributed by atoms with Gasteiger partial charge in [-0.2, -0.15) is 0 Å². The molecule has 0 atom stereocenters. The average molecular weight is 272 g/mol. The number of benzene rings is 1. The summed E-state index contributed by atoms with van der Waals surface area (Å²) in [7, 11) is 1.57. The van der Waals surface area contributed by atoms with E-state index in [2.05, 4.69) is 10.3 Å². The Kier molecular flexibility index (Phi) is 4.05. The van der Waals surface area contributed by atoms with Crippen molar-refractivity contribution in [3.8, 4) is 5.88 Å². The number of anilines is 2. The van der Waals surface area contributed by atoms with Crippen molar-refractivity contribution in [3.63, 3.8) is 0 Å². The molecule has 0 aliphatic rings. The fourth-order valence-corrected chi connectivity index (χ4v) is 1.77. The topological polar surface area (TPSA) is 103 Å². The van der Waals surface area contributed by atoms with Crippen LogP contribution in [0.5, 0.6) is 5.88 Å². The summed E-state index contributed by atoms with van der Waals surface area (Å²) in [5.41, 5.74) is 13.4. The Balaban J connectivity index is 2.10. The minimum atomic E-state index is -0.544. The monoisotopic (exact) mass is 272 g/mol. The number of pyridine rings is 1. The number of carbonyl (C=O) groups excluding carboxylic acids is 1. The predicted octanol–water partition coefficient (Wildman–Crippen LogP) is 1.38. The van der Waals surface area contributed by atoms with E-state index in [-0.39, 0.29) is 0 Å². The highest BCUT2D eigenvalue weighted by molar-refractivity contribution is 6.00. The second-order valence-corrected chi connectivity index (χ2v) is 4.19. The second kappa shape index (κ2) is 5.92. The Bertz CT molecular complexity index is 611. The van der Waals surface area contributed by atoms with E-state index < -0.39 is 5.91 Å². The fourth-order valence-electron chi connectivity index (χ4n) is 1.77. The van der Waals surface area contributed by atoms with Crippen molar-refractivity contribution >= 4 is 17.3 Å². The van der Waals surface area contributed by atoms with Gasteiger partial charge in [0.1, 0.15) is 0 Å². The Morgan fingerprint density at radius 3 is 2.75 bits per heavy atom. The number of para-hydroxylation sites is 1. The number of hydrogen-bond acceptors (Lipinski definition) is 5. The fraction of sp³-hybridized carbons (Fsp3) is 0.143. The maximum absolute atomic E-state index is 11.2. The zero-order chi connectivity index (χ0) is 14.5. The van der Waals surface area contributed by atoms with Crippen LogP contribution in [-0.4, -0.2) is 18.0 Å². The van der Waals surface area contributed by atoms with Gasteiger partial charge in [-0.15, -0.1) is 0 Å². The van der Waals surface area contributed by atoms with Gasteiger partial charge >= 0.3 is 0 Å². The molecule has 0 unspecified atom stereocenters. The highest BCUT2D eigenvalue weighted by Gasteiger charge is 2.09. The lowest BCUT2D eigenvalue weighted by atomic mass is 10.1. The quantitative estimate of drug-likeness (QED) is 0.713.